The highest BCUT2D eigenvalue weighted by molar-refractivity contribution is 5.70. The van der Waals surface area contributed by atoms with E-state index in [1.165, 1.54) is 0 Å². The Bertz CT molecular complexity index is 599. The Morgan fingerprint density at radius 2 is 2.11 bits per heavy atom. The number of hydrogen-bond donors (Lipinski definition) is 1. The molecule has 0 radical (unpaired) electrons. The number of nitrogens with zero attached hydrogens (tertiary/aromatic N) is 2. The van der Waals surface area contributed by atoms with E-state index >= 15 is 0 Å². The SMILES string of the molecule is Cc1ncc(C)c(Nc2cccc3c2OCO3)n1. The van der Waals surface area contributed by atoms with Crippen molar-refractivity contribution in [1.82, 2.24) is 9.97 Å². The Kier molecular flexibility index (Phi) is 2.51. The smallest absolute Gasteiger partial charge is 0.231 e. The summed E-state index contributed by atoms with van der Waals surface area (Å²) < 4.78 is 10.8. The Morgan fingerprint density at radius 3 is 3.00 bits per heavy atom. The summed E-state index contributed by atoms with van der Waals surface area (Å²) in [4.78, 5) is 8.52. The van der Waals surface area contributed by atoms with E-state index in [-0.39, 0.29) is 6.79 Å². The van der Waals surface area contributed by atoms with E-state index in [1.807, 2.05) is 32.0 Å². The molecule has 0 spiro atoms. The molecule has 1 aromatic carbocycles. The van der Waals surface area contributed by atoms with Crippen molar-refractivity contribution in [1.29, 1.82) is 0 Å². The zero-order chi connectivity index (χ0) is 12.5. The fourth-order valence-electron chi connectivity index (χ4n) is 1.81. The second-order valence-electron chi connectivity index (χ2n) is 4.11. The Hall–Kier alpha value is -2.30. The normalized spacial score (nSPS) is 12.6. The second kappa shape index (κ2) is 4.18. The van der Waals surface area contributed by atoms with Gasteiger partial charge in [-0.2, -0.15) is 0 Å². The predicted molar refractivity (Wildman–Crippen MR) is 67.4 cm³/mol. The molecule has 1 aliphatic heterocycles. The van der Waals surface area contributed by atoms with Gasteiger partial charge in [0.1, 0.15) is 11.6 Å². The van der Waals surface area contributed by atoms with Crippen LogP contribution in [0.5, 0.6) is 11.5 Å². The largest absolute Gasteiger partial charge is 0.454 e. The van der Waals surface area contributed by atoms with E-state index in [9.17, 15) is 0 Å². The number of ether oxygens (including phenoxy) is 2. The molecule has 3 rings (SSSR count). The molecule has 5 nitrogen and oxygen atoms in total. The molecule has 0 amide bonds. The van der Waals surface area contributed by atoms with E-state index < -0.39 is 0 Å². The standard InChI is InChI=1S/C13H13N3O2/c1-8-6-14-9(2)15-13(8)16-10-4-3-5-11-12(10)18-7-17-11/h3-6H,7H2,1-2H3,(H,14,15,16). The number of anilines is 2. The van der Waals surface area contributed by atoms with Gasteiger partial charge in [0.05, 0.1) is 5.69 Å². The van der Waals surface area contributed by atoms with Gasteiger partial charge in [-0.3, -0.25) is 0 Å². The minimum atomic E-state index is 0.260. The summed E-state index contributed by atoms with van der Waals surface area (Å²) >= 11 is 0. The summed E-state index contributed by atoms with van der Waals surface area (Å²) in [6, 6.07) is 5.73. The zero-order valence-corrected chi connectivity index (χ0v) is 10.2. The van der Waals surface area contributed by atoms with Crippen LogP contribution in [0.3, 0.4) is 0 Å². The highest BCUT2D eigenvalue weighted by Crippen LogP contribution is 2.40. The third-order valence-corrected chi connectivity index (χ3v) is 2.74. The zero-order valence-electron chi connectivity index (χ0n) is 10.2. The van der Waals surface area contributed by atoms with Crippen LogP contribution in [-0.4, -0.2) is 16.8 Å². The Morgan fingerprint density at radius 1 is 1.22 bits per heavy atom. The first-order chi connectivity index (χ1) is 8.74. The molecule has 1 aliphatic rings. The molecule has 0 aliphatic carbocycles. The van der Waals surface area contributed by atoms with Crippen molar-refractivity contribution in [2.45, 2.75) is 13.8 Å². The van der Waals surface area contributed by atoms with Crippen LogP contribution in [0.1, 0.15) is 11.4 Å². The number of rotatable bonds is 2. The van der Waals surface area contributed by atoms with Crippen molar-refractivity contribution in [2.24, 2.45) is 0 Å². The first kappa shape index (κ1) is 10.8. The van der Waals surface area contributed by atoms with Crippen LogP contribution in [0.4, 0.5) is 11.5 Å². The molecule has 1 aromatic heterocycles. The first-order valence-corrected chi connectivity index (χ1v) is 5.70. The van der Waals surface area contributed by atoms with Gasteiger partial charge in [-0.25, -0.2) is 9.97 Å². The van der Waals surface area contributed by atoms with Gasteiger partial charge in [0.2, 0.25) is 6.79 Å². The van der Waals surface area contributed by atoms with Gasteiger partial charge in [-0.15, -0.1) is 0 Å². The van der Waals surface area contributed by atoms with Crippen LogP contribution < -0.4 is 14.8 Å². The maximum Gasteiger partial charge on any atom is 0.231 e. The van der Waals surface area contributed by atoms with Crippen molar-refractivity contribution in [3.63, 3.8) is 0 Å². The van der Waals surface area contributed by atoms with Crippen molar-refractivity contribution in [2.75, 3.05) is 12.1 Å². The molecular formula is C13H13N3O2. The highest BCUT2D eigenvalue weighted by atomic mass is 16.7. The van der Waals surface area contributed by atoms with E-state index in [4.69, 9.17) is 9.47 Å². The average Bonchev–Trinajstić information content (AvgIpc) is 2.83. The van der Waals surface area contributed by atoms with Gasteiger partial charge in [0, 0.05) is 11.8 Å². The number of nitrogens with one attached hydrogen (secondary N) is 1. The van der Waals surface area contributed by atoms with Gasteiger partial charge in [-0.05, 0) is 26.0 Å². The van der Waals surface area contributed by atoms with E-state index in [0.29, 0.717) is 0 Å². The van der Waals surface area contributed by atoms with Crippen LogP contribution in [0, 0.1) is 13.8 Å². The molecule has 0 saturated carbocycles. The Labute approximate surface area is 105 Å². The van der Waals surface area contributed by atoms with Crippen molar-refractivity contribution in [3.05, 3.63) is 35.8 Å². The summed E-state index contributed by atoms with van der Waals surface area (Å²) in [7, 11) is 0. The van der Waals surface area contributed by atoms with Gasteiger partial charge in [-0.1, -0.05) is 6.07 Å². The maximum absolute atomic E-state index is 5.44. The highest BCUT2D eigenvalue weighted by Gasteiger charge is 2.17. The molecule has 2 aromatic rings. The molecule has 2 heterocycles. The van der Waals surface area contributed by atoms with Crippen molar-refractivity contribution in [3.8, 4) is 11.5 Å². The number of fused-ring (bicyclic) bond motifs is 1. The number of para-hydroxylation sites is 1. The molecule has 92 valence electrons. The number of aryl methyl sites for hydroxylation is 2. The fraction of sp³-hybridized carbons (Fsp3) is 0.231. The van der Waals surface area contributed by atoms with Crippen LogP contribution in [0.2, 0.25) is 0 Å². The fourth-order valence-corrected chi connectivity index (χ4v) is 1.81. The summed E-state index contributed by atoms with van der Waals surface area (Å²) in [5.41, 5.74) is 1.84. The van der Waals surface area contributed by atoms with Crippen LogP contribution >= 0.6 is 0 Å². The topological polar surface area (TPSA) is 56.3 Å². The Balaban J connectivity index is 1.98. The van der Waals surface area contributed by atoms with E-state index in [2.05, 4.69) is 15.3 Å². The van der Waals surface area contributed by atoms with Gasteiger partial charge in [0.25, 0.3) is 0 Å². The first-order valence-electron chi connectivity index (χ1n) is 5.70. The monoisotopic (exact) mass is 243 g/mol. The van der Waals surface area contributed by atoms with E-state index in [0.717, 1.165) is 34.4 Å². The maximum atomic E-state index is 5.44. The molecule has 0 bridgehead atoms. The van der Waals surface area contributed by atoms with Crippen molar-refractivity contribution < 1.29 is 9.47 Å². The van der Waals surface area contributed by atoms with E-state index in [1.54, 1.807) is 6.20 Å². The van der Waals surface area contributed by atoms with Gasteiger partial charge in [0.15, 0.2) is 11.5 Å². The van der Waals surface area contributed by atoms with Gasteiger partial charge >= 0.3 is 0 Å². The molecule has 18 heavy (non-hydrogen) atoms. The summed E-state index contributed by atoms with van der Waals surface area (Å²) in [6.45, 7) is 4.08. The van der Waals surface area contributed by atoms with Crippen LogP contribution in [-0.2, 0) is 0 Å². The molecule has 0 unspecified atom stereocenters. The van der Waals surface area contributed by atoms with Gasteiger partial charge < -0.3 is 14.8 Å². The lowest BCUT2D eigenvalue weighted by Gasteiger charge is -2.10. The lowest BCUT2D eigenvalue weighted by molar-refractivity contribution is 0.174. The molecular weight excluding hydrogens is 230 g/mol. The molecule has 1 N–H and O–H groups in total. The van der Waals surface area contributed by atoms with Crippen LogP contribution in [0.15, 0.2) is 24.4 Å². The predicted octanol–water partition coefficient (Wildman–Crippen LogP) is 2.57. The summed E-state index contributed by atoms with van der Waals surface area (Å²) in [6.07, 6.45) is 1.80. The number of hydrogen-bond acceptors (Lipinski definition) is 5. The number of benzene rings is 1. The lowest BCUT2D eigenvalue weighted by atomic mass is 10.2. The minimum absolute atomic E-state index is 0.260. The summed E-state index contributed by atoms with van der Waals surface area (Å²) in [5.74, 6) is 3.00. The lowest BCUT2D eigenvalue weighted by Crippen LogP contribution is -2.00. The third kappa shape index (κ3) is 1.84. The molecule has 0 atom stereocenters. The van der Waals surface area contributed by atoms with Crippen LogP contribution in [0.25, 0.3) is 0 Å². The minimum Gasteiger partial charge on any atom is -0.454 e. The molecule has 5 heteroatoms. The van der Waals surface area contributed by atoms with Crippen molar-refractivity contribution >= 4 is 11.5 Å². The molecule has 0 saturated heterocycles. The number of aromatic nitrogens is 2. The average molecular weight is 243 g/mol. The second-order valence-corrected chi connectivity index (χ2v) is 4.11. The quantitative estimate of drug-likeness (QED) is 0.878. The summed E-state index contributed by atoms with van der Waals surface area (Å²) in [5, 5.41) is 3.26. The third-order valence-electron chi connectivity index (χ3n) is 2.74. The molecule has 0 fully saturated rings.